The number of hydrogen-bond acceptors (Lipinski definition) is 2. The number of methoxy groups -OCH3 is 1. The number of rotatable bonds is 7. The SMILES string of the molecule is CCN(CC)C(=O)/C=C/c1ccc(C2=C(c3ccc(F)cc3)CCc3cc(OC)ccc32)cc1. The minimum absolute atomic E-state index is 0.0190. The number of carbonyl (C=O) groups is 1. The van der Waals surface area contributed by atoms with Crippen LogP contribution < -0.4 is 4.74 Å². The van der Waals surface area contributed by atoms with Crippen molar-refractivity contribution in [3.8, 4) is 5.75 Å². The molecular formula is C30H30FNO2. The highest BCUT2D eigenvalue weighted by molar-refractivity contribution is 6.01. The van der Waals surface area contributed by atoms with Gasteiger partial charge in [-0.2, -0.15) is 0 Å². The number of nitrogens with zero attached hydrogens (tertiary/aromatic N) is 1. The fourth-order valence-electron chi connectivity index (χ4n) is 4.53. The number of fused-ring (bicyclic) bond motifs is 1. The highest BCUT2D eigenvalue weighted by Gasteiger charge is 2.22. The third-order valence-electron chi connectivity index (χ3n) is 6.41. The Hall–Kier alpha value is -3.66. The molecule has 0 aliphatic heterocycles. The molecule has 34 heavy (non-hydrogen) atoms. The molecule has 0 radical (unpaired) electrons. The lowest BCUT2D eigenvalue weighted by atomic mass is 9.79. The summed E-state index contributed by atoms with van der Waals surface area (Å²) in [6, 6.07) is 21.2. The van der Waals surface area contributed by atoms with E-state index in [-0.39, 0.29) is 11.7 Å². The molecule has 0 spiro atoms. The topological polar surface area (TPSA) is 29.5 Å². The van der Waals surface area contributed by atoms with Gasteiger partial charge in [0.2, 0.25) is 5.91 Å². The number of benzene rings is 3. The number of ether oxygens (including phenoxy) is 1. The second-order valence-corrected chi connectivity index (χ2v) is 8.35. The zero-order valence-electron chi connectivity index (χ0n) is 20.0. The van der Waals surface area contributed by atoms with Crippen molar-refractivity contribution in [2.24, 2.45) is 0 Å². The average Bonchev–Trinajstić information content (AvgIpc) is 2.88. The number of halogens is 1. The monoisotopic (exact) mass is 455 g/mol. The van der Waals surface area contributed by atoms with Crippen molar-refractivity contribution < 1.29 is 13.9 Å². The molecule has 0 atom stereocenters. The summed E-state index contributed by atoms with van der Waals surface area (Å²) in [6.07, 6.45) is 5.25. The Labute approximate surface area is 201 Å². The summed E-state index contributed by atoms with van der Waals surface area (Å²) in [5.74, 6) is 0.634. The van der Waals surface area contributed by atoms with Crippen LogP contribution in [0.25, 0.3) is 17.2 Å². The molecule has 0 unspecified atom stereocenters. The first kappa shape index (κ1) is 23.5. The van der Waals surface area contributed by atoms with Gasteiger partial charge in [0.1, 0.15) is 11.6 Å². The molecule has 174 valence electrons. The highest BCUT2D eigenvalue weighted by Crippen LogP contribution is 2.41. The van der Waals surface area contributed by atoms with Crippen molar-refractivity contribution in [2.45, 2.75) is 26.7 Å². The van der Waals surface area contributed by atoms with Gasteiger partial charge in [-0.05, 0) is 96.0 Å². The molecule has 0 saturated heterocycles. The molecule has 1 aliphatic carbocycles. The van der Waals surface area contributed by atoms with Crippen LogP contribution in [0.3, 0.4) is 0 Å². The Morgan fingerprint density at radius 2 is 1.62 bits per heavy atom. The smallest absolute Gasteiger partial charge is 0.246 e. The summed E-state index contributed by atoms with van der Waals surface area (Å²) in [4.78, 5) is 14.1. The average molecular weight is 456 g/mol. The molecule has 3 aromatic carbocycles. The van der Waals surface area contributed by atoms with Gasteiger partial charge in [0.15, 0.2) is 0 Å². The second-order valence-electron chi connectivity index (χ2n) is 8.35. The number of likely N-dealkylation sites (N-methyl/N-ethyl adjacent to an activating group) is 1. The summed E-state index contributed by atoms with van der Waals surface area (Å²) in [5, 5.41) is 0. The maximum absolute atomic E-state index is 13.6. The predicted molar refractivity (Wildman–Crippen MR) is 137 cm³/mol. The molecule has 4 heteroatoms. The number of aryl methyl sites for hydroxylation is 1. The molecule has 0 bridgehead atoms. The Kier molecular flexibility index (Phi) is 7.27. The molecular weight excluding hydrogens is 425 g/mol. The summed E-state index contributed by atoms with van der Waals surface area (Å²) in [5.41, 5.74) is 7.88. The molecule has 1 amide bonds. The first-order valence-corrected chi connectivity index (χ1v) is 11.8. The van der Waals surface area contributed by atoms with Gasteiger partial charge in [-0.3, -0.25) is 4.79 Å². The molecule has 0 fully saturated rings. The van der Waals surface area contributed by atoms with Gasteiger partial charge in [-0.25, -0.2) is 4.39 Å². The fourth-order valence-corrected chi connectivity index (χ4v) is 4.53. The zero-order chi connectivity index (χ0) is 24.1. The third kappa shape index (κ3) is 4.96. The maximum Gasteiger partial charge on any atom is 0.246 e. The van der Waals surface area contributed by atoms with E-state index in [9.17, 15) is 9.18 Å². The van der Waals surface area contributed by atoms with Crippen molar-refractivity contribution in [1.29, 1.82) is 0 Å². The van der Waals surface area contributed by atoms with Crippen molar-refractivity contribution in [2.75, 3.05) is 20.2 Å². The van der Waals surface area contributed by atoms with Gasteiger partial charge in [0, 0.05) is 19.2 Å². The van der Waals surface area contributed by atoms with Crippen LogP contribution in [0.5, 0.6) is 5.75 Å². The van der Waals surface area contributed by atoms with Crippen LogP contribution in [0.2, 0.25) is 0 Å². The Bertz CT molecular complexity index is 1220. The lowest BCUT2D eigenvalue weighted by Gasteiger charge is -2.25. The van der Waals surface area contributed by atoms with Gasteiger partial charge >= 0.3 is 0 Å². The first-order valence-electron chi connectivity index (χ1n) is 11.8. The molecule has 0 heterocycles. The van der Waals surface area contributed by atoms with Crippen LogP contribution >= 0.6 is 0 Å². The Balaban J connectivity index is 1.74. The summed E-state index contributed by atoms with van der Waals surface area (Å²) >= 11 is 0. The first-order chi connectivity index (χ1) is 16.5. The van der Waals surface area contributed by atoms with Crippen molar-refractivity contribution >= 4 is 23.1 Å². The fraction of sp³-hybridized carbons (Fsp3) is 0.233. The van der Waals surface area contributed by atoms with E-state index in [2.05, 4.69) is 24.3 Å². The van der Waals surface area contributed by atoms with Crippen molar-refractivity contribution in [3.05, 3.63) is 106 Å². The summed E-state index contributed by atoms with van der Waals surface area (Å²) < 4.78 is 19.0. The molecule has 3 nitrogen and oxygen atoms in total. The Morgan fingerprint density at radius 3 is 2.26 bits per heavy atom. The van der Waals surface area contributed by atoms with Gasteiger partial charge in [-0.1, -0.05) is 42.5 Å². The van der Waals surface area contributed by atoms with E-state index in [1.807, 2.05) is 50.3 Å². The Morgan fingerprint density at radius 1 is 0.941 bits per heavy atom. The molecule has 4 rings (SSSR count). The minimum Gasteiger partial charge on any atom is -0.497 e. The van der Waals surface area contributed by atoms with E-state index in [4.69, 9.17) is 4.74 Å². The van der Waals surface area contributed by atoms with Gasteiger partial charge in [0.25, 0.3) is 0 Å². The molecule has 0 saturated carbocycles. The predicted octanol–water partition coefficient (Wildman–Crippen LogP) is 6.62. The van der Waals surface area contributed by atoms with Gasteiger partial charge < -0.3 is 9.64 Å². The van der Waals surface area contributed by atoms with E-state index in [1.54, 1.807) is 18.1 Å². The van der Waals surface area contributed by atoms with Gasteiger partial charge in [0.05, 0.1) is 7.11 Å². The number of carbonyl (C=O) groups excluding carboxylic acids is 1. The van der Waals surface area contributed by atoms with E-state index in [0.717, 1.165) is 40.9 Å². The van der Waals surface area contributed by atoms with E-state index < -0.39 is 0 Å². The lowest BCUT2D eigenvalue weighted by Crippen LogP contribution is -2.28. The normalized spacial score (nSPS) is 13.2. The number of allylic oxidation sites excluding steroid dienone is 1. The summed E-state index contributed by atoms with van der Waals surface area (Å²) in [7, 11) is 1.68. The third-order valence-corrected chi connectivity index (χ3v) is 6.41. The second kappa shape index (κ2) is 10.5. The highest BCUT2D eigenvalue weighted by atomic mass is 19.1. The zero-order valence-corrected chi connectivity index (χ0v) is 20.0. The molecule has 0 N–H and O–H groups in total. The molecule has 1 aliphatic rings. The molecule has 3 aromatic rings. The van der Waals surface area contributed by atoms with Crippen LogP contribution in [-0.2, 0) is 11.2 Å². The van der Waals surface area contributed by atoms with Crippen LogP contribution in [0.15, 0.2) is 72.8 Å². The van der Waals surface area contributed by atoms with E-state index >= 15 is 0 Å². The van der Waals surface area contributed by atoms with Crippen molar-refractivity contribution in [1.82, 2.24) is 4.90 Å². The number of hydrogen-bond donors (Lipinski definition) is 0. The largest absolute Gasteiger partial charge is 0.497 e. The summed E-state index contributed by atoms with van der Waals surface area (Å²) in [6.45, 7) is 5.36. The van der Waals surface area contributed by atoms with E-state index in [0.29, 0.717) is 13.1 Å². The molecule has 0 aromatic heterocycles. The minimum atomic E-state index is -0.234. The van der Waals surface area contributed by atoms with Gasteiger partial charge in [-0.15, -0.1) is 0 Å². The quantitative estimate of drug-likeness (QED) is 0.375. The van der Waals surface area contributed by atoms with E-state index in [1.165, 1.54) is 28.8 Å². The van der Waals surface area contributed by atoms with Crippen LogP contribution in [-0.4, -0.2) is 31.0 Å². The number of amides is 1. The lowest BCUT2D eigenvalue weighted by molar-refractivity contribution is -0.125. The standard InChI is InChI=1S/C30H30FNO2/c1-4-32(5-2)29(33)19-8-21-6-9-23(10-7-21)30-27(22-11-14-25(31)15-12-22)17-13-24-20-26(34-3)16-18-28(24)30/h6-12,14-16,18-20H,4-5,13,17H2,1-3H3/b19-8+. The van der Waals surface area contributed by atoms with Crippen LogP contribution in [0.4, 0.5) is 4.39 Å². The van der Waals surface area contributed by atoms with Crippen LogP contribution in [0.1, 0.15) is 48.1 Å². The maximum atomic E-state index is 13.6. The van der Waals surface area contributed by atoms with Crippen molar-refractivity contribution in [3.63, 3.8) is 0 Å². The van der Waals surface area contributed by atoms with Crippen LogP contribution in [0, 0.1) is 5.82 Å².